The zero-order chi connectivity index (χ0) is 15.2. The summed E-state index contributed by atoms with van der Waals surface area (Å²) in [6, 6.07) is 17.1. The lowest BCUT2D eigenvalue weighted by atomic mass is 9.94. The summed E-state index contributed by atoms with van der Waals surface area (Å²) in [6.45, 7) is 6.66. The maximum Gasteiger partial charge on any atom is 0.0991 e. The molecular formula is C20H23N. The standard InChI is InChI=1S/C20H23N/c1-4-18-13-17(14-21)9-12-20(18)19-10-7-16(8-11-19)6-5-15(2)3/h7-13,15H,4-6H2,1-3H3. The molecule has 0 amide bonds. The quantitative estimate of drug-likeness (QED) is 0.720. The Labute approximate surface area is 128 Å². The van der Waals surface area contributed by atoms with E-state index in [0.717, 1.165) is 24.3 Å². The summed E-state index contributed by atoms with van der Waals surface area (Å²) < 4.78 is 0. The van der Waals surface area contributed by atoms with Crippen LogP contribution in [0.25, 0.3) is 11.1 Å². The second kappa shape index (κ2) is 7.09. The molecule has 2 aromatic rings. The van der Waals surface area contributed by atoms with Crippen molar-refractivity contribution in [1.29, 1.82) is 5.26 Å². The van der Waals surface area contributed by atoms with Gasteiger partial charge in [-0.1, -0.05) is 51.1 Å². The van der Waals surface area contributed by atoms with Crippen molar-refractivity contribution in [1.82, 2.24) is 0 Å². The van der Waals surface area contributed by atoms with E-state index in [1.165, 1.54) is 28.7 Å². The van der Waals surface area contributed by atoms with E-state index in [-0.39, 0.29) is 0 Å². The van der Waals surface area contributed by atoms with Crippen LogP contribution in [-0.2, 0) is 12.8 Å². The van der Waals surface area contributed by atoms with Gasteiger partial charge >= 0.3 is 0 Å². The summed E-state index contributed by atoms with van der Waals surface area (Å²) in [4.78, 5) is 0. The van der Waals surface area contributed by atoms with Gasteiger partial charge in [0.25, 0.3) is 0 Å². The highest BCUT2D eigenvalue weighted by Gasteiger charge is 2.05. The van der Waals surface area contributed by atoms with Crippen LogP contribution in [0.4, 0.5) is 0 Å². The number of hydrogen-bond donors (Lipinski definition) is 0. The summed E-state index contributed by atoms with van der Waals surface area (Å²) >= 11 is 0. The molecule has 2 aromatic carbocycles. The Bertz CT molecular complexity index is 630. The third-order valence-electron chi connectivity index (χ3n) is 3.89. The van der Waals surface area contributed by atoms with E-state index < -0.39 is 0 Å². The largest absolute Gasteiger partial charge is 0.192 e. The molecule has 0 aliphatic carbocycles. The van der Waals surface area contributed by atoms with Gasteiger partial charge in [-0.25, -0.2) is 0 Å². The predicted octanol–water partition coefficient (Wildman–Crippen LogP) is 5.38. The molecule has 0 heterocycles. The van der Waals surface area contributed by atoms with E-state index in [2.05, 4.69) is 57.2 Å². The Morgan fingerprint density at radius 2 is 1.76 bits per heavy atom. The molecule has 0 bridgehead atoms. The van der Waals surface area contributed by atoms with Gasteiger partial charge in [0.2, 0.25) is 0 Å². The first-order valence-corrected chi connectivity index (χ1v) is 7.76. The minimum absolute atomic E-state index is 0.740. The smallest absolute Gasteiger partial charge is 0.0991 e. The molecule has 0 saturated carbocycles. The fourth-order valence-electron chi connectivity index (χ4n) is 2.54. The molecule has 1 heteroatoms. The summed E-state index contributed by atoms with van der Waals surface area (Å²) in [5.41, 5.74) is 5.86. The van der Waals surface area contributed by atoms with E-state index in [4.69, 9.17) is 5.26 Å². The van der Waals surface area contributed by atoms with Crippen LogP contribution in [0.5, 0.6) is 0 Å². The molecular weight excluding hydrogens is 254 g/mol. The third kappa shape index (κ3) is 3.95. The van der Waals surface area contributed by atoms with Crippen molar-refractivity contribution in [3.8, 4) is 17.2 Å². The number of aryl methyl sites for hydroxylation is 2. The van der Waals surface area contributed by atoms with E-state index in [1.807, 2.05) is 12.1 Å². The van der Waals surface area contributed by atoms with Crippen LogP contribution in [-0.4, -0.2) is 0 Å². The lowest BCUT2D eigenvalue weighted by molar-refractivity contribution is 0.587. The van der Waals surface area contributed by atoms with Crippen LogP contribution >= 0.6 is 0 Å². The Balaban J connectivity index is 2.24. The number of benzene rings is 2. The fraction of sp³-hybridized carbons (Fsp3) is 0.350. The van der Waals surface area contributed by atoms with Crippen molar-refractivity contribution < 1.29 is 0 Å². The Morgan fingerprint density at radius 3 is 2.33 bits per heavy atom. The number of nitriles is 1. The van der Waals surface area contributed by atoms with Gasteiger partial charge in [-0.05, 0) is 59.6 Å². The summed E-state index contributed by atoms with van der Waals surface area (Å²) in [5, 5.41) is 9.01. The minimum atomic E-state index is 0.740. The number of rotatable bonds is 5. The molecule has 0 saturated heterocycles. The van der Waals surface area contributed by atoms with Crippen LogP contribution in [0.15, 0.2) is 42.5 Å². The molecule has 0 aromatic heterocycles. The highest BCUT2D eigenvalue weighted by atomic mass is 14.2. The Kier molecular flexibility index (Phi) is 5.17. The monoisotopic (exact) mass is 277 g/mol. The van der Waals surface area contributed by atoms with Crippen LogP contribution in [0.3, 0.4) is 0 Å². The normalized spacial score (nSPS) is 10.6. The van der Waals surface area contributed by atoms with Crippen molar-refractivity contribution in [2.75, 3.05) is 0 Å². The number of hydrogen-bond acceptors (Lipinski definition) is 1. The average molecular weight is 277 g/mol. The third-order valence-corrected chi connectivity index (χ3v) is 3.89. The second-order valence-electron chi connectivity index (χ2n) is 5.97. The first-order chi connectivity index (χ1) is 10.1. The summed E-state index contributed by atoms with van der Waals surface area (Å²) in [7, 11) is 0. The Morgan fingerprint density at radius 1 is 1.05 bits per heavy atom. The van der Waals surface area contributed by atoms with E-state index in [1.54, 1.807) is 0 Å². The predicted molar refractivity (Wildman–Crippen MR) is 89.1 cm³/mol. The molecule has 0 N–H and O–H groups in total. The maximum absolute atomic E-state index is 9.01. The average Bonchev–Trinajstić information content (AvgIpc) is 2.52. The Hall–Kier alpha value is -2.07. The molecule has 0 atom stereocenters. The summed E-state index contributed by atoms with van der Waals surface area (Å²) in [5.74, 6) is 0.745. The van der Waals surface area contributed by atoms with Crippen molar-refractivity contribution in [3.63, 3.8) is 0 Å². The topological polar surface area (TPSA) is 23.8 Å². The molecule has 0 fully saturated rings. The molecule has 0 spiro atoms. The van der Waals surface area contributed by atoms with Gasteiger partial charge < -0.3 is 0 Å². The van der Waals surface area contributed by atoms with Crippen LogP contribution in [0.1, 0.15) is 43.9 Å². The molecule has 21 heavy (non-hydrogen) atoms. The first kappa shape index (κ1) is 15.3. The highest BCUT2D eigenvalue weighted by Crippen LogP contribution is 2.26. The zero-order valence-electron chi connectivity index (χ0n) is 13.2. The van der Waals surface area contributed by atoms with Gasteiger partial charge in [0.1, 0.15) is 0 Å². The molecule has 2 rings (SSSR count). The molecule has 0 unspecified atom stereocenters. The van der Waals surface area contributed by atoms with E-state index in [0.29, 0.717) is 0 Å². The second-order valence-corrected chi connectivity index (χ2v) is 5.97. The van der Waals surface area contributed by atoms with E-state index >= 15 is 0 Å². The van der Waals surface area contributed by atoms with Crippen LogP contribution < -0.4 is 0 Å². The number of nitrogens with zero attached hydrogens (tertiary/aromatic N) is 1. The van der Waals surface area contributed by atoms with Gasteiger partial charge in [0.15, 0.2) is 0 Å². The molecule has 108 valence electrons. The lowest BCUT2D eigenvalue weighted by Gasteiger charge is -2.10. The van der Waals surface area contributed by atoms with Crippen molar-refractivity contribution >= 4 is 0 Å². The van der Waals surface area contributed by atoms with Gasteiger partial charge in [-0.3, -0.25) is 0 Å². The van der Waals surface area contributed by atoms with Crippen LogP contribution in [0.2, 0.25) is 0 Å². The highest BCUT2D eigenvalue weighted by molar-refractivity contribution is 5.68. The van der Waals surface area contributed by atoms with Crippen molar-refractivity contribution in [2.45, 2.75) is 40.0 Å². The van der Waals surface area contributed by atoms with Crippen molar-refractivity contribution in [3.05, 3.63) is 59.2 Å². The summed E-state index contributed by atoms with van der Waals surface area (Å²) in [6.07, 6.45) is 3.32. The van der Waals surface area contributed by atoms with Gasteiger partial charge in [-0.15, -0.1) is 0 Å². The van der Waals surface area contributed by atoms with Crippen molar-refractivity contribution in [2.24, 2.45) is 5.92 Å². The van der Waals surface area contributed by atoms with Crippen LogP contribution in [0, 0.1) is 17.2 Å². The van der Waals surface area contributed by atoms with E-state index in [9.17, 15) is 0 Å². The SMILES string of the molecule is CCc1cc(C#N)ccc1-c1ccc(CCC(C)C)cc1. The van der Waals surface area contributed by atoms with Gasteiger partial charge in [0, 0.05) is 0 Å². The fourth-order valence-corrected chi connectivity index (χ4v) is 2.54. The molecule has 0 aliphatic rings. The molecule has 0 aliphatic heterocycles. The molecule has 0 radical (unpaired) electrons. The van der Waals surface area contributed by atoms with Gasteiger partial charge in [-0.2, -0.15) is 5.26 Å². The zero-order valence-corrected chi connectivity index (χ0v) is 13.2. The lowest BCUT2D eigenvalue weighted by Crippen LogP contribution is -1.93. The van der Waals surface area contributed by atoms with Gasteiger partial charge in [0.05, 0.1) is 11.6 Å². The molecule has 1 nitrogen and oxygen atoms in total. The minimum Gasteiger partial charge on any atom is -0.192 e. The first-order valence-electron chi connectivity index (χ1n) is 7.76. The maximum atomic E-state index is 9.01.